The molecule has 8 nitrogen and oxygen atoms in total. The molecule has 0 spiro atoms. The Hall–Kier alpha value is -3.95. The molecule has 0 saturated carbocycles. The largest absolute Gasteiger partial charge is 0.382 e. The first-order chi connectivity index (χ1) is 19.2. The topological polar surface area (TPSA) is 74.7 Å². The van der Waals surface area contributed by atoms with Gasteiger partial charge in [0.15, 0.2) is 0 Å². The lowest BCUT2D eigenvalue weighted by Crippen LogP contribution is -2.46. The zero-order valence-electron chi connectivity index (χ0n) is 23.6. The maximum Gasteiger partial charge on any atom is 0.273 e. The van der Waals surface area contributed by atoms with Crippen LogP contribution in [-0.4, -0.2) is 73.2 Å². The molecule has 1 fully saturated rings. The van der Waals surface area contributed by atoms with Gasteiger partial charge in [0, 0.05) is 38.7 Å². The van der Waals surface area contributed by atoms with Gasteiger partial charge in [-0.05, 0) is 74.8 Å². The Balaban J connectivity index is 1.42. The molecule has 4 aromatic rings. The summed E-state index contributed by atoms with van der Waals surface area (Å²) < 4.78 is 19.0. The van der Waals surface area contributed by atoms with Gasteiger partial charge in [-0.2, -0.15) is 9.89 Å². The highest BCUT2D eigenvalue weighted by Crippen LogP contribution is 2.33. The molecule has 1 aliphatic rings. The van der Waals surface area contributed by atoms with Crippen molar-refractivity contribution in [2.75, 3.05) is 62.6 Å². The van der Waals surface area contributed by atoms with Gasteiger partial charge < -0.3 is 19.9 Å². The molecule has 0 bridgehead atoms. The number of piperazine rings is 1. The average molecular weight is 545 g/mol. The number of methoxy groups -OCH3 is 1. The molecule has 0 atom stereocenters. The Bertz CT molecular complexity index is 1490. The number of nitrogens with zero attached hydrogens (tertiary/aromatic N) is 4. The molecule has 9 heteroatoms. The van der Waals surface area contributed by atoms with E-state index in [0.29, 0.717) is 18.6 Å². The van der Waals surface area contributed by atoms with Crippen LogP contribution in [0.5, 0.6) is 0 Å². The van der Waals surface area contributed by atoms with E-state index in [0.717, 1.165) is 59.6 Å². The minimum Gasteiger partial charge on any atom is -0.382 e. The second kappa shape index (κ2) is 11.7. The van der Waals surface area contributed by atoms with Crippen LogP contribution in [0.1, 0.15) is 35.3 Å². The van der Waals surface area contributed by atoms with Gasteiger partial charge in [0.25, 0.3) is 5.91 Å². The van der Waals surface area contributed by atoms with E-state index in [-0.39, 0.29) is 17.3 Å². The first kappa shape index (κ1) is 27.6. The van der Waals surface area contributed by atoms with Crippen molar-refractivity contribution >= 4 is 28.2 Å². The van der Waals surface area contributed by atoms with Gasteiger partial charge in [-0.1, -0.05) is 24.3 Å². The summed E-state index contributed by atoms with van der Waals surface area (Å²) in [5.74, 6) is -0.484. The SMILES string of the molecule is COCC(C)(C)Nc1cccc(C(=O)Nn2ncc3cc(Cc4cccc(F)c4)ccc32)c1N1CCN(C)CC1. The standard InChI is InChI=1S/C31H37FN6O2/c1-31(2,21-40-4)34-27-10-6-9-26(29(27)37-15-13-36(3)14-16-37)30(39)35-38-28-12-11-23(18-24(28)20-33-38)17-22-7-5-8-25(32)19-22/h5-12,18-20,34H,13-17,21H2,1-4H3,(H,35,39). The van der Waals surface area contributed by atoms with Gasteiger partial charge in [-0.3, -0.25) is 4.79 Å². The third-order valence-electron chi connectivity index (χ3n) is 7.22. The lowest BCUT2D eigenvalue weighted by molar-refractivity contribution is 0.101. The van der Waals surface area contributed by atoms with Crippen molar-refractivity contribution in [3.05, 3.63) is 89.4 Å². The molecule has 5 rings (SSSR count). The lowest BCUT2D eigenvalue weighted by atomic mass is 10.0. The van der Waals surface area contributed by atoms with E-state index in [9.17, 15) is 9.18 Å². The van der Waals surface area contributed by atoms with E-state index in [2.05, 4.69) is 46.5 Å². The van der Waals surface area contributed by atoms with Crippen LogP contribution in [0.4, 0.5) is 15.8 Å². The van der Waals surface area contributed by atoms with Crippen LogP contribution in [0.25, 0.3) is 10.9 Å². The quantitative estimate of drug-likeness (QED) is 0.317. The van der Waals surface area contributed by atoms with E-state index < -0.39 is 0 Å². The Kier molecular flexibility index (Phi) is 8.04. The minimum absolute atomic E-state index is 0.240. The Morgan fingerprint density at radius 2 is 1.77 bits per heavy atom. The number of anilines is 2. The van der Waals surface area contributed by atoms with Crippen molar-refractivity contribution in [2.24, 2.45) is 0 Å². The van der Waals surface area contributed by atoms with Gasteiger partial charge in [0.05, 0.1) is 40.8 Å². The van der Waals surface area contributed by atoms with Gasteiger partial charge in [0.2, 0.25) is 0 Å². The van der Waals surface area contributed by atoms with Gasteiger partial charge in [-0.15, -0.1) is 0 Å². The minimum atomic E-state index is -0.327. The number of ether oxygens (including phenoxy) is 1. The van der Waals surface area contributed by atoms with Crippen LogP contribution in [-0.2, 0) is 11.2 Å². The van der Waals surface area contributed by atoms with Crippen LogP contribution in [0.2, 0.25) is 0 Å². The highest BCUT2D eigenvalue weighted by molar-refractivity contribution is 6.07. The molecule has 0 aliphatic carbocycles. The molecule has 0 unspecified atom stereocenters. The molecular weight excluding hydrogens is 507 g/mol. The molecule has 2 N–H and O–H groups in total. The van der Waals surface area contributed by atoms with Gasteiger partial charge in [0.1, 0.15) is 5.82 Å². The number of hydrogen-bond donors (Lipinski definition) is 2. The number of carbonyl (C=O) groups is 1. The molecule has 1 aliphatic heterocycles. The molecule has 0 radical (unpaired) electrons. The molecule has 2 heterocycles. The number of rotatable bonds is 9. The number of aromatic nitrogens is 2. The maximum atomic E-state index is 13.8. The average Bonchev–Trinajstić information content (AvgIpc) is 3.30. The summed E-state index contributed by atoms with van der Waals surface area (Å²) >= 11 is 0. The molecule has 1 aromatic heterocycles. The van der Waals surface area contributed by atoms with Crippen LogP contribution in [0.15, 0.2) is 66.9 Å². The van der Waals surface area contributed by atoms with Crippen molar-refractivity contribution in [3.63, 3.8) is 0 Å². The summed E-state index contributed by atoms with van der Waals surface area (Å²) in [6, 6.07) is 18.3. The Morgan fingerprint density at radius 1 is 1.02 bits per heavy atom. The molecule has 1 amide bonds. The van der Waals surface area contributed by atoms with E-state index in [1.807, 2.05) is 42.5 Å². The van der Waals surface area contributed by atoms with E-state index in [1.54, 1.807) is 25.4 Å². The summed E-state index contributed by atoms with van der Waals surface area (Å²) in [5, 5.41) is 8.95. The summed E-state index contributed by atoms with van der Waals surface area (Å²) in [6.45, 7) is 8.14. The monoisotopic (exact) mass is 544 g/mol. The number of para-hydroxylation sites is 1. The zero-order valence-corrected chi connectivity index (χ0v) is 23.6. The number of amides is 1. The van der Waals surface area contributed by atoms with Crippen molar-refractivity contribution < 1.29 is 13.9 Å². The molecular formula is C31H37FN6O2. The van der Waals surface area contributed by atoms with Crippen molar-refractivity contribution in [1.29, 1.82) is 0 Å². The number of fused-ring (bicyclic) bond motifs is 1. The maximum absolute atomic E-state index is 13.8. The van der Waals surface area contributed by atoms with Crippen LogP contribution < -0.4 is 15.6 Å². The van der Waals surface area contributed by atoms with Crippen molar-refractivity contribution in [3.8, 4) is 0 Å². The predicted octanol–water partition coefficient (Wildman–Crippen LogP) is 4.74. The number of nitrogens with one attached hydrogen (secondary N) is 2. The first-order valence-electron chi connectivity index (χ1n) is 13.6. The summed E-state index contributed by atoms with van der Waals surface area (Å²) in [7, 11) is 3.80. The van der Waals surface area contributed by atoms with Crippen LogP contribution >= 0.6 is 0 Å². The van der Waals surface area contributed by atoms with E-state index in [4.69, 9.17) is 4.74 Å². The number of hydrogen-bond acceptors (Lipinski definition) is 6. The fraction of sp³-hybridized carbons (Fsp3) is 0.355. The van der Waals surface area contributed by atoms with Gasteiger partial charge in [-0.25, -0.2) is 9.82 Å². The lowest BCUT2D eigenvalue weighted by Gasteiger charge is -2.37. The zero-order chi connectivity index (χ0) is 28.3. The Morgan fingerprint density at radius 3 is 2.52 bits per heavy atom. The molecule has 3 aromatic carbocycles. The summed E-state index contributed by atoms with van der Waals surface area (Å²) in [6.07, 6.45) is 2.34. The third-order valence-corrected chi connectivity index (χ3v) is 7.22. The van der Waals surface area contributed by atoms with Crippen LogP contribution in [0, 0.1) is 5.82 Å². The molecule has 40 heavy (non-hydrogen) atoms. The fourth-order valence-corrected chi connectivity index (χ4v) is 5.28. The van der Waals surface area contributed by atoms with E-state index in [1.165, 1.54) is 10.9 Å². The van der Waals surface area contributed by atoms with Crippen molar-refractivity contribution in [2.45, 2.75) is 25.8 Å². The smallest absolute Gasteiger partial charge is 0.273 e. The normalized spacial score (nSPS) is 14.5. The second-order valence-electron chi connectivity index (χ2n) is 11.1. The fourth-order valence-electron chi connectivity index (χ4n) is 5.28. The van der Waals surface area contributed by atoms with Crippen LogP contribution in [0.3, 0.4) is 0 Å². The van der Waals surface area contributed by atoms with Crippen molar-refractivity contribution in [1.82, 2.24) is 14.8 Å². The van der Waals surface area contributed by atoms with E-state index >= 15 is 0 Å². The highest BCUT2D eigenvalue weighted by Gasteiger charge is 2.27. The van der Waals surface area contributed by atoms with Gasteiger partial charge >= 0.3 is 0 Å². The molecule has 210 valence electrons. The second-order valence-corrected chi connectivity index (χ2v) is 11.1. The number of carbonyl (C=O) groups excluding carboxylic acids is 1. The first-order valence-corrected chi connectivity index (χ1v) is 13.6. The third kappa shape index (κ3) is 6.26. The Labute approximate surface area is 234 Å². The number of likely N-dealkylation sites (N-methyl/N-ethyl adjacent to an activating group) is 1. The number of benzene rings is 3. The summed E-state index contributed by atoms with van der Waals surface area (Å²) in [4.78, 5) is 19.9. The molecule has 1 saturated heterocycles. The summed E-state index contributed by atoms with van der Waals surface area (Å²) in [5.41, 5.74) is 7.74. The highest BCUT2D eigenvalue weighted by atomic mass is 19.1. The number of halogens is 1. The predicted molar refractivity (Wildman–Crippen MR) is 158 cm³/mol.